The topological polar surface area (TPSA) is 49.3 Å². The van der Waals surface area contributed by atoms with Crippen LogP contribution in [0.5, 0.6) is 0 Å². The molecule has 0 aromatic heterocycles. The first-order valence-corrected chi connectivity index (χ1v) is 6.36. The lowest BCUT2D eigenvalue weighted by atomic mass is 9.98. The molecule has 0 unspecified atom stereocenters. The lowest BCUT2D eigenvalue weighted by Gasteiger charge is -2.20. The predicted octanol–water partition coefficient (Wildman–Crippen LogP) is 1.02. The molecule has 1 saturated heterocycles. The highest BCUT2D eigenvalue weighted by Crippen LogP contribution is 2.24. The molecule has 1 rings (SSSR count). The van der Waals surface area contributed by atoms with Crippen LogP contribution in [0.2, 0.25) is 0 Å². The van der Waals surface area contributed by atoms with Gasteiger partial charge in [-0.15, -0.1) is 0 Å². The summed E-state index contributed by atoms with van der Waals surface area (Å²) < 4.78 is 0. The molecule has 4 heteroatoms. The number of aliphatic hydroxyl groups is 1. The summed E-state index contributed by atoms with van der Waals surface area (Å²) in [6.45, 7) is 2.05. The smallest absolute Gasteiger partial charge is 0.220 e. The van der Waals surface area contributed by atoms with E-state index in [1.165, 1.54) is 11.5 Å². The molecule has 0 bridgehead atoms. The van der Waals surface area contributed by atoms with Crippen molar-refractivity contribution in [1.29, 1.82) is 0 Å². The molecule has 0 spiro atoms. The fourth-order valence-corrected chi connectivity index (χ4v) is 2.75. The monoisotopic (exact) mass is 217 g/mol. The van der Waals surface area contributed by atoms with E-state index in [-0.39, 0.29) is 5.91 Å². The van der Waals surface area contributed by atoms with Crippen molar-refractivity contribution in [2.24, 2.45) is 5.92 Å². The number of aliphatic hydroxyl groups excluding tert-OH is 1. The molecule has 82 valence electrons. The summed E-state index contributed by atoms with van der Waals surface area (Å²) in [6.07, 6.45) is 2.51. The van der Waals surface area contributed by atoms with Gasteiger partial charge in [-0.3, -0.25) is 4.79 Å². The third-order valence-corrected chi connectivity index (χ3v) is 3.46. The average Bonchev–Trinajstić information content (AvgIpc) is 2.16. The first-order valence-electron chi connectivity index (χ1n) is 5.21. The van der Waals surface area contributed by atoms with Gasteiger partial charge in [0.2, 0.25) is 5.91 Å². The molecule has 1 aliphatic rings. The highest BCUT2D eigenvalue weighted by atomic mass is 32.2. The van der Waals surface area contributed by atoms with Crippen molar-refractivity contribution in [3.8, 4) is 0 Å². The van der Waals surface area contributed by atoms with E-state index >= 15 is 0 Å². The first-order chi connectivity index (χ1) is 6.68. The molecule has 0 radical (unpaired) electrons. The second-order valence-corrected chi connectivity index (χ2v) is 5.14. The Morgan fingerprint density at radius 3 is 2.79 bits per heavy atom. The highest BCUT2D eigenvalue weighted by molar-refractivity contribution is 7.99. The zero-order valence-corrected chi connectivity index (χ0v) is 9.48. The van der Waals surface area contributed by atoms with E-state index in [0.717, 1.165) is 12.8 Å². The molecule has 0 aromatic rings. The second-order valence-electron chi connectivity index (χ2n) is 3.91. The van der Waals surface area contributed by atoms with Crippen LogP contribution in [0, 0.1) is 5.92 Å². The fourth-order valence-electron chi connectivity index (χ4n) is 1.55. The maximum absolute atomic E-state index is 11.4. The summed E-state index contributed by atoms with van der Waals surface area (Å²) >= 11 is 1.97. The minimum absolute atomic E-state index is 0.0859. The number of nitrogens with one attached hydrogen (secondary N) is 1. The van der Waals surface area contributed by atoms with Crippen LogP contribution in [0.25, 0.3) is 0 Å². The van der Waals surface area contributed by atoms with Crippen LogP contribution in [0.3, 0.4) is 0 Å². The van der Waals surface area contributed by atoms with Crippen LogP contribution in [0.15, 0.2) is 0 Å². The van der Waals surface area contributed by atoms with E-state index in [2.05, 4.69) is 5.32 Å². The molecule has 3 nitrogen and oxygen atoms in total. The van der Waals surface area contributed by atoms with E-state index in [9.17, 15) is 4.79 Å². The summed E-state index contributed by atoms with van der Waals surface area (Å²) in [5.74, 6) is 3.02. The Bertz CT molecular complexity index is 179. The molecule has 1 heterocycles. The van der Waals surface area contributed by atoms with Crippen molar-refractivity contribution in [3.63, 3.8) is 0 Å². The molecule has 0 aromatic carbocycles. The summed E-state index contributed by atoms with van der Waals surface area (Å²) in [5.41, 5.74) is 0. The molecule has 1 atom stereocenters. The van der Waals surface area contributed by atoms with Crippen LogP contribution in [0.4, 0.5) is 0 Å². The van der Waals surface area contributed by atoms with E-state index in [1.54, 1.807) is 6.92 Å². The summed E-state index contributed by atoms with van der Waals surface area (Å²) in [6, 6.07) is 0. The Hall–Kier alpha value is -0.220. The predicted molar refractivity (Wildman–Crippen MR) is 59.4 cm³/mol. The number of rotatable bonds is 4. The van der Waals surface area contributed by atoms with Crippen molar-refractivity contribution >= 4 is 17.7 Å². The van der Waals surface area contributed by atoms with Crippen LogP contribution in [-0.4, -0.2) is 35.2 Å². The minimum atomic E-state index is -0.444. The van der Waals surface area contributed by atoms with Gasteiger partial charge in [-0.1, -0.05) is 0 Å². The van der Waals surface area contributed by atoms with E-state index in [0.29, 0.717) is 18.9 Å². The van der Waals surface area contributed by atoms with Crippen molar-refractivity contribution in [2.45, 2.75) is 32.3 Å². The maximum Gasteiger partial charge on any atom is 0.220 e. The molecular formula is C10H19NO2S. The van der Waals surface area contributed by atoms with E-state index < -0.39 is 6.10 Å². The van der Waals surface area contributed by atoms with Crippen LogP contribution >= 0.6 is 11.8 Å². The fraction of sp³-hybridized carbons (Fsp3) is 0.900. The zero-order chi connectivity index (χ0) is 10.4. The zero-order valence-electron chi connectivity index (χ0n) is 8.66. The van der Waals surface area contributed by atoms with E-state index in [4.69, 9.17) is 5.11 Å². The van der Waals surface area contributed by atoms with Gasteiger partial charge in [-0.2, -0.15) is 11.8 Å². The van der Waals surface area contributed by atoms with Crippen LogP contribution in [-0.2, 0) is 4.79 Å². The number of carbonyl (C=O) groups is 1. The summed E-state index contributed by atoms with van der Waals surface area (Å²) in [4.78, 5) is 11.4. The summed E-state index contributed by atoms with van der Waals surface area (Å²) in [5, 5.41) is 11.7. The summed E-state index contributed by atoms with van der Waals surface area (Å²) in [7, 11) is 0. The van der Waals surface area contributed by atoms with Crippen molar-refractivity contribution < 1.29 is 9.90 Å². The Labute approximate surface area is 89.6 Å². The SMILES string of the molecule is C[C@H](O)CNC(=O)CC1CCSCC1. The Balaban J connectivity index is 2.12. The molecule has 2 N–H and O–H groups in total. The largest absolute Gasteiger partial charge is 0.392 e. The van der Waals surface area contributed by atoms with Gasteiger partial charge in [0.1, 0.15) is 0 Å². The Morgan fingerprint density at radius 2 is 2.21 bits per heavy atom. The average molecular weight is 217 g/mol. The van der Waals surface area contributed by atoms with Gasteiger partial charge in [-0.05, 0) is 37.2 Å². The maximum atomic E-state index is 11.4. The van der Waals surface area contributed by atoms with Crippen molar-refractivity contribution in [3.05, 3.63) is 0 Å². The standard InChI is InChI=1S/C10H19NO2S/c1-8(12)7-11-10(13)6-9-2-4-14-5-3-9/h8-9,12H,2-7H2,1H3,(H,11,13)/t8-/m0/s1. The first kappa shape index (κ1) is 11.9. The van der Waals surface area contributed by atoms with Crippen LogP contribution in [0.1, 0.15) is 26.2 Å². The normalized spacial score (nSPS) is 20.4. The Kier molecular flexibility index (Phi) is 5.33. The molecule has 1 fully saturated rings. The molecular weight excluding hydrogens is 198 g/mol. The molecule has 0 aliphatic carbocycles. The third kappa shape index (κ3) is 4.86. The van der Waals surface area contributed by atoms with Gasteiger partial charge < -0.3 is 10.4 Å². The number of hydrogen-bond donors (Lipinski definition) is 2. The molecule has 14 heavy (non-hydrogen) atoms. The minimum Gasteiger partial charge on any atom is -0.392 e. The van der Waals surface area contributed by atoms with Gasteiger partial charge in [0.15, 0.2) is 0 Å². The molecule has 0 saturated carbocycles. The van der Waals surface area contributed by atoms with Crippen molar-refractivity contribution in [1.82, 2.24) is 5.32 Å². The van der Waals surface area contributed by atoms with Crippen LogP contribution < -0.4 is 5.32 Å². The third-order valence-electron chi connectivity index (χ3n) is 2.41. The molecule has 1 aliphatic heterocycles. The lowest BCUT2D eigenvalue weighted by molar-refractivity contribution is -0.122. The van der Waals surface area contributed by atoms with E-state index in [1.807, 2.05) is 11.8 Å². The van der Waals surface area contributed by atoms with Gasteiger partial charge >= 0.3 is 0 Å². The van der Waals surface area contributed by atoms with Crippen molar-refractivity contribution in [2.75, 3.05) is 18.1 Å². The molecule has 1 amide bonds. The number of amides is 1. The second kappa shape index (κ2) is 6.30. The van der Waals surface area contributed by atoms with Gasteiger partial charge in [0.05, 0.1) is 6.10 Å². The number of hydrogen-bond acceptors (Lipinski definition) is 3. The number of thioether (sulfide) groups is 1. The van der Waals surface area contributed by atoms with Gasteiger partial charge in [0.25, 0.3) is 0 Å². The lowest BCUT2D eigenvalue weighted by Crippen LogP contribution is -2.32. The van der Waals surface area contributed by atoms with Gasteiger partial charge in [-0.25, -0.2) is 0 Å². The Morgan fingerprint density at radius 1 is 1.57 bits per heavy atom. The van der Waals surface area contributed by atoms with Gasteiger partial charge in [0, 0.05) is 13.0 Å². The highest BCUT2D eigenvalue weighted by Gasteiger charge is 2.17. The quantitative estimate of drug-likeness (QED) is 0.739. The number of carbonyl (C=O) groups excluding carboxylic acids is 1.